The molecule has 2 aromatic carbocycles. The molecule has 9 nitrogen and oxygen atoms in total. The number of sulfonamides is 2. The van der Waals surface area contributed by atoms with E-state index < -0.39 is 32.0 Å². The van der Waals surface area contributed by atoms with Crippen molar-refractivity contribution in [3.63, 3.8) is 0 Å². The number of carbonyl (C=O) groups excluding carboxylic acids is 1. The van der Waals surface area contributed by atoms with Gasteiger partial charge in [0.25, 0.3) is 5.91 Å². The first kappa shape index (κ1) is 22.7. The molecule has 1 aromatic heterocycles. The molecular formula is C20H21N3O6S2. The van der Waals surface area contributed by atoms with Crippen molar-refractivity contribution in [3.8, 4) is 0 Å². The van der Waals surface area contributed by atoms with Gasteiger partial charge in [0.2, 0.25) is 20.0 Å². The van der Waals surface area contributed by atoms with E-state index in [0.717, 1.165) is 0 Å². The van der Waals surface area contributed by atoms with Crippen LogP contribution in [0.4, 0.5) is 0 Å². The summed E-state index contributed by atoms with van der Waals surface area (Å²) in [4.78, 5) is 12.5. The number of benzene rings is 2. The van der Waals surface area contributed by atoms with E-state index in [2.05, 4.69) is 10.0 Å². The fourth-order valence-electron chi connectivity index (χ4n) is 2.76. The maximum absolute atomic E-state index is 12.5. The van der Waals surface area contributed by atoms with E-state index in [1.807, 2.05) is 0 Å². The number of carbonyl (C=O) groups is 1. The third-order valence-electron chi connectivity index (χ3n) is 4.50. The highest BCUT2D eigenvalue weighted by molar-refractivity contribution is 7.89. The SMILES string of the molecule is C[C@H](NC(=O)c1ccc(S(=O)(=O)NCc2ccco2)cc1)c1ccc(S(N)(=O)=O)cc1. The molecule has 4 N–H and O–H groups in total. The average Bonchev–Trinajstić information content (AvgIpc) is 3.26. The predicted octanol–water partition coefficient (Wildman–Crippen LogP) is 1.90. The van der Waals surface area contributed by atoms with E-state index >= 15 is 0 Å². The summed E-state index contributed by atoms with van der Waals surface area (Å²) in [6, 6.07) is 14.2. The lowest BCUT2D eigenvalue weighted by Gasteiger charge is -2.15. The number of nitrogens with one attached hydrogen (secondary N) is 2. The molecule has 0 fully saturated rings. The second kappa shape index (κ2) is 9.02. The highest BCUT2D eigenvalue weighted by atomic mass is 32.2. The molecule has 31 heavy (non-hydrogen) atoms. The molecule has 0 saturated heterocycles. The van der Waals surface area contributed by atoms with Crippen molar-refractivity contribution in [2.45, 2.75) is 29.3 Å². The molecule has 0 aliphatic carbocycles. The van der Waals surface area contributed by atoms with Crippen LogP contribution in [0.2, 0.25) is 0 Å². The maximum Gasteiger partial charge on any atom is 0.251 e. The highest BCUT2D eigenvalue weighted by Crippen LogP contribution is 2.17. The minimum Gasteiger partial charge on any atom is -0.468 e. The van der Waals surface area contributed by atoms with Crippen molar-refractivity contribution in [3.05, 3.63) is 83.8 Å². The molecular weight excluding hydrogens is 442 g/mol. The Morgan fingerprint density at radius 1 is 0.968 bits per heavy atom. The largest absolute Gasteiger partial charge is 0.468 e. The van der Waals surface area contributed by atoms with Gasteiger partial charge in [0.15, 0.2) is 0 Å². The zero-order valence-electron chi connectivity index (χ0n) is 16.5. The molecule has 0 unspecified atom stereocenters. The van der Waals surface area contributed by atoms with E-state index in [1.165, 1.54) is 42.7 Å². The molecule has 0 spiro atoms. The smallest absolute Gasteiger partial charge is 0.251 e. The summed E-state index contributed by atoms with van der Waals surface area (Å²) in [7, 11) is -7.55. The Labute approximate surface area is 180 Å². The van der Waals surface area contributed by atoms with Crippen LogP contribution in [0.3, 0.4) is 0 Å². The highest BCUT2D eigenvalue weighted by Gasteiger charge is 2.17. The zero-order chi connectivity index (χ0) is 22.6. The Morgan fingerprint density at radius 3 is 2.13 bits per heavy atom. The minimum absolute atomic E-state index is 0.0132. The van der Waals surface area contributed by atoms with Crippen LogP contribution in [-0.4, -0.2) is 22.7 Å². The Kier molecular flexibility index (Phi) is 6.60. The monoisotopic (exact) mass is 463 g/mol. The Morgan fingerprint density at radius 2 is 1.58 bits per heavy atom. The standard InChI is InChI=1S/C20H21N3O6S2/c1-14(15-4-8-18(9-5-15)30(21,25)26)23-20(24)16-6-10-19(11-7-16)31(27,28)22-13-17-3-2-12-29-17/h2-12,14,22H,13H2,1H3,(H,23,24)(H2,21,25,26)/t14-/m0/s1. The molecule has 0 saturated carbocycles. The number of hydrogen-bond donors (Lipinski definition) is 3. The summed E-state index contributed by atoms with van der Waals surface area (Å²) in [5, 5.41) is 7.85. The molecule has 0 aliphatic rings. The molecule has 1 heterocycles. The topological polar surface area (TPSA) is 149 Å². The van der Waals surface area contributed by atoms with Crippen LogP contribution in [0, 0.1) is 0 Å². The van der Waals surface area contributed by atoms with Crippen molar-refractivity contribution in [2.24, 2.45) is 5.14 Å². The van der Waals surface area contributed by atoms with Gasteiger partial charge in [0, 0.05) is 5.56 Å². The van der Waals surface area contributed by atoms with Crippen LogP contribution in [0.5, 0.6) is 0 Å². The zero-order valence-corrected chi connectivity index (χ0v) is 18.1. The molecule has 3 rings (SSSR count). The lowest BCUT2D eigenvalue weighted by atomic mass is 10.1. The molecule has 0 aliphatic heterocycles. The third-order valence-corrected chi connectivity index (χ3v) is 6.85. The van der Waals surface area contributed by atoms with Gasteiger partial charge in [0.05, 0.1) is 28.6 Å². The van der Waals surface area contributed by atoms with Gasteiger partial charge in [-0.15, -0.1) is 0 Å². The molecule has 11 heteroatoms. The summed E-state index contributed by atoms with van der Waals surface area (Å²) in [6.45, 7) is 1.75. The second-order valence-corrected chi connectivity index (χ2v) is 10.1. The van der Waals surface area contributed by atoms with Gasteiger partial charge in [-0.3, -0.25) is 4.79 Å². The number of amides is 1. The molecule has 0 bridgehead atoms. The number of hydrogen-bond acceptors (Lipinski definition) is 6. The van der Waals surface area contributed by atoms with Crippen molar-refractivity contribution in [1.29, 1.82) is 0 Å². The molecule has 1 amide bonds. The van der Waals surface area contributed by atoms with E-state index in [1.54, 1.807) is 31.2 Å². The van der Waals surface area contributed by atoms with Crippen LogP contribution in [0.25, 0.3) is 0 Å². The first-order valence-corrected chi connectivity index (χ1v) is 12.1. The third kappa shape index (κ3) is 5.79. The molecule has 3 aromatic rings. The number of rotatable bonds is 8. The number of furan rings is 1. The molecule has 164 valence electrons. The van der Waals surface area contributed by atoms with Crippen molar-refractivity contribution in [1.82, 2.24) is 10.0 Å². The van der Waals surface area contributed by atoms with Crippen LogP contribution in [0.15, 0.2) is 81.1 Å². The van der Waals surface area contributed by atoms with Crippen LogP contribution >= 0.6 is 0 Å². The van der Waals surface area contributed by atoms with Gasteiger partial charge >= 0.3 is 0 Å². The van der Waals surface area contributed by atoms with E-state index in [0.29, 0.717) is 11.3 Å². The Balaban J connectivity index is 1.64. The lowest BCUT2D eigenvalue weighted by molar-refractivity contribution is 0.0939. The van der Waals surface area contributed by atoms with Gasteiger partial charge < -0.3 is 9.73 Å². The summed E-state index contributed by atoms with van der Waals surface area (Å²) in [5.41, 5.74) is 0.958. The van der Waals surface area contributed by atoms with E-state index in [-0.39, 0.29) is 21.9 Å². The average molecular weight is 464 g/mol. The Bertz CT molecular complexity index is 1250. The maximum atomic E-state index is 12.5. The van der Waals surface area contributed by atoms with Crippen molar-refractivity contribution >= 4 is 26.0 Å². The Hall–Kier alpha value is -2.99. The molecule has 0 radical (unpaired) electrons. The lowest BCUT2D eigenvalue weighted by Crippen LogP contribution is -2.27. The minimum atomic E-state index is -3.79. The van der Waals surface area contributed by atoms with Gasteiger partial charge in [-0.1, -0.05) is 12.1 Å². The first-order chi connectivity index (χ1) is 14.6. The summed E-state index contributed by atoms with van der Waals surface area (Å²) >= 11 is 0. The quantitative estimate of drug-likeness (QED) is 0.464. The first-order valence-electron chi connectivity index (χ1n) is 9.12. The number of primary sulfonamides is 1. The van der Waals surface area contributed by atoms with E-state index in [9.17, 15) is 21.6 Å². The van der Waals surface area contributed by atoms with Crippen LogP contribution in [0.1, 0.15) is 34.6 Å². The van der Waals surface area contributed by atoms with Crippen LogP contribution in [-0.2, 0) is 26.6 Å². The van der Waals surface area contributed by atoms with Crippen molar-refractivity contribution in [2.75, 3.05) is 0 Å². The normalized spacial score (nSPS) is 13.0. The van der Waals surface area contributed by atoms with E-state index in [4.69, 9.17) is 9.56 Å². The van der Waals surface area contributed by atoms with Crippen LogP contribution < -0.4 is 15.2 Å². The van der Waals surface area contributed by atoms with Gasteiger partial charge in [-0.05, 0) is 61.0 Å². The van der Waals surface area contributed by atoms with Gasteiger partial charge in [-0.2, -0.15) is 0 Å². The number of nitrogens with two attached hydrogens (primary N) is 1. The summed E-state index contributed by atoms with van der Waals surface area (Å²) in [6.07, 6.45) is 1.45. The fraction of sp³-hybridized carbons (Fsp3) is 0.150. The second-order valence-electron chi connectivity index (χ2n) is 6.74. The van der Waals surface area contributed by atoms with Gasteiger partial charge in [-0.25, -0.2) is 26.7 Å². The summed E-state index contributed by atoms with van der Waals surface area (Å²) in [5.74, 6) is 0.0705. The predicted molar refractivity (Wildman–Crippen MR) is 113 cm³/mol. The molecule has 1 atom stereocenters. The fourth-order valence-corrected chi connectivity index (χ4v) is 4.27. The van der Waals surface area contributed by atoms with Crippen molar-refractivity contribution < 1.29 is 26.0 Å². The summed E-state index contributed by atoms with van der Waals surface area (Å²) < 4.78 is 54.9. The van der Waals surface area contributed by atoms with Gasteiger partial charge in [0.1, 0.15) is 5.76 Å².